The van der Waals surface area contributed by atoms with Gasteiger partial charge in [-0.3, -0.25) is 5.43 Å². The minimum absolute atomic E-state index is 0.223. The second kappa shape index (κ2) is 6.39. The van der Waals surface area contributed by atoms with Crippen molar-refractivity contribution < 1.29 is 0 Å². The summed E-state index contributed by atoms with van der Waals surface area (Å²) in [5, 5.41) is 3.38. The predicted octanol–water partition coefficient (Wildman–Crippen LogP) is 2.78. The van der Waals surface area contributed by atoms with Gasteiger partial charge in [0.05, 0.1) is 12.1 Å². The Balaban J connectivity index is 2.03. The molecule has 0 radical (unpaired) electrons. The van der Waals surface area contributed by atoms with Gasteiger partial charge in [-0.15, -0.1) is 11.3 Å². The summed E-state index contributed by atoms with van der Waals surface area (Å²) in [7, 11) is 0. The summed E-state index contributed by atoms with van der Waals surface area (Å²) < 4.78 is 0. The Morgan fingerprint density at radius 2 is 2.11 bits per heavy atom. The van der Waals surface area contributed by atoms with Gasteiger partial charge in [-0.1, -0.05) is 12.8 Å². The molecule has 106 valence electrons. The summed E-state index contributed by atoms with van der Waals surface area (Å²) >= 11 is 1.83. The van der Waals surface area contributed by atoms with Gasteiger partial charge >= 0.3 is 0 Å². The van der Waals surface area contributed by atoms with Crippen LogP contribution in [0.2, 0.25) is 0 Å². The molecule has 0 aromatic carbocycles. The molecule has 0 spiro atoms. The molecule has 0 bridgehead atoms. The Morgan fingerprint density at radius 1 is 1.42 bits per heavy atom. The quantitative estimate of drug-likeness (QED) is 0.345. The molecule has 0 saturated heterocycles. The number of rotatable bonds is 3. The van der Waals surface area contributed by atoms with Crippen LogP contribution in [0.4, 0.5) is 0 Å². The third-order valence-electron chi connectivity index (χ3n) is 3.67. The van der Waals surface area contributed by atoms with E-state index in [0.29, 0.717) is 12.0 Å². The molecule has 19 heavy (non-hydrogen) atoms. The topological polar surface area (TPSA) is 62.4 Å². The van der Waals surface area contributed by atoms with Gasteiger partial charge in [0.1, 0.15) is 0 Å². The molecule has 4 N–H and O–H groups in total. The molecule has 1 heterocycles. The zero-order valence-electron chi connectivity index (χ0n) is 12.0. The van der Waals surface area contributed by atoms with E-state index in [1.165, 1.54) is 41.0 Å². The summed E-state index contributed by atoms with van der Waals surface area (Å²) in [5.41, 5.74) is 4.03. The number of thiophene rings is 1. The Labute approximate surface area is 119 Å². The van der Waals surface area contributed by atoms with Crippen LogP contribution in [0.1, 0.15) is 54.0 Å². The SMILES string of the molecule is Cc1cc(C(C)NC(=NC2CCCC2)NN)c(C)s1. The number of aryl methyl sites for hydroxylation is 2. The third kappa shape index (κ3) is 3.70. The molecule has 0 aliphatic heterocycles. The number of hydrazine groups is 1. The average Bonchev–Trinajstić information content (AvgIpc) is 2.98. The van der Waals surface area contributed by atoms with Crippen LogP contribution >= 0.6 is 11.3 Å². The van der Waals surface area contributed by atoms with Crippen LogP contribution in [-0.2, 0) is 0 Å². The fourth-order valence-electron chi connectivity index (χ4n) is 2.70. The van der Waals surface area contributed by atoms with Gasteiger partial charge in [0.2, 0.25) is 5.96 Å². The van der Waals surface area contributed by atoms with E-state index >= 15 is 0 Å². The molecule has 2 rings (SSSR count). The van der Waals surface area contributed by atoms with Crippen LogP contribution in [0.25, 0.3) is 0 Å². The molecule has 0 amide bonds. The van der Waals surface area contributed by atoms with Crippen molar-refractivity contribution in [3.8, 4) is 0 Å². The van der Waals surface area contributed by atoms with E-state index in [1.54, 1.807) is 0 Å². The molecule has 1 unspecified atom stereocenters. The number of nitrogens with one attached hydrogen (secondary N) is 2. The second-order valence-corrected chi connectivity index (χ2v) is 6.76. The van der Waals surface area contributed by atoms with Crippen LogP contribution in [0, 0.1) is 13.8 Å². The standard InChI is InChI=1S/C14H24N4S/c1-9-8-13(11(3)19-9)10(2)16-14(18-15)17-12-6-4-5-7-12/h8,10,12H,4-7,15H2,1-3H3,(H2,16,17,18). The lowest BCUT2D eigenvalue weighted by Gasteiger charge is -2.18. The highest BCUT2D eigenvalue weighted by atomic mass is 32.1. The summed E-state index contributed by atoms with van der Waals surface area (Å²) in [6, 6.07) is 2.89. The zero-order chi connectivity index (χ0) is 13.8. The van der Waals surface area contributed by atoms with E-state index in [4.69, 9.17) is 5.84 Å². The molecule has 1 aliphatic rings. The molecule has 1 saturated carbocycles. The van der Waals surface area contributed by atoms with Crippen LogP contribution in [0.3, 0.4) is 0 Å². The summed E-state index contributed by atoms with van der Waals surface area (Å²) in [5.74, 6) is 6.29. The van der Waals surface area contributed by atoms with E-state index in [1.807, 2.05) is 11.3 Å². The van der Waals surface area contributed by atoms with Gasteiger partial charge in [-0.25, -0.2) is 10.8 Å². The summed E-state index contributed by atoms with van der Waals surface area (Å²) in [6.45, 7) is 6.45. The first-order chi connectivity index (χ1) is 9.10. The van der Waals surface area contributed by atoms with Gasteiger partial charge in [0.25, 0.3) is 0 Å². The van der Waals surface area contributed by atoms with Gasteiger partial charge in [-0.2, -0.15) is 0 Å². The van der Waals surface area contributed by atoms with Crippen LogP contribution < -0.4 is 16.6 Å². The van der Waals surface area contributed by atoms with Crippen molar-refractivity contribution in [3.63, 3.8) is 0 Å². The minimum Gasteiger partial charge on any atom is -0.349 e. The number of aliphatic imine (C=N–C) groups is 1. The molecule has 1 fully saturated rings. The third-order valence-corrected chi connectivity index (χ3v) is 4.65. The Morgan fingerprint density at radius 3 is 2.63 bits per heavy atom. The highest BCUT2D eigenvalue weighted by Gasteiger charge is 2.16. The number of hydrogen-bond donors (Lipinski definition) is 3. The highest BCUT2D eigenvalue weighted by Crippen LogP contribution is 2.26. The number of nitrogens with two attached hydrogens (primary N) is 1. The van der Waals surface area contributed by atoms with Crippen molar-refractivity contribution in [2.75, 3.05) is 0 Å². The average molecular weight is 280 g/mol. The maximum atomic E-state index is 5.58. The lowest BCUT2D eigenvalue weighted by molar-refractivity contribution is 0.652. The lowest BCUT2D eigenvalue weighted by Crippen LogP contribution is -2.43. The van der Waals surface area contributed by atoms with Crippen LogP contribution in [0.15, 0.2) is 11.1 Å². The smallest absolute Gasteiger partial charge is 0.206 e. The molecule has 1 aliphatic carbocycles. The van der Waals surface area contributed by atoms with Crippen molar-refractivity contribution in [2.24, 2.45) is 10.8 Å². The second-order valence-electron chi connectivity index (χ2n) is 5.29. The maximum Gasteiger partial charge on any atom is 0.206 e. The molecule has 4 nitrogen and oxygen atoms in total. The van der Waals surface area contributed by atoms with Crippen molar-refractivity contribution >= 4 is 17.3 Å². The zero-order valence-corrected chi connectivity index (χ0v) is 12.8. The molecular weight excluding hydrogens is 256 g/mol. The molecule has 1 atom stereocenters. The largest absolute Gasteiger partial charge is 0.349 e. The maximum absolute atomic E-state index is 5.58. The predicted molar refractivity (Wildman–Crippen MR) is 82.4 cm³/mol. The minimum atomic E-state index is 0.223. The summed E-state index contributed by atoms with van der Waals surface area (Å²) in [4.78, 5) is 7.37. The molecule has 1 aromatic heterocycles. The van der Waals surface area contributed by atoms with E-state index in [9.17, 15) is 0 Å². The van der Waals surface area contributed by atoms with Crippen molar-refractivity contribution in [1.29, 1.82) is 0 Å². The van der Waals surface area contributed by atoms with Gasteiger partial charge in [-0.05, 0) is 45.2 Å². The van der Waals surface area contributed by atoms with E-state index < -0.39 is 0 Å². The molecular formula is C14H24N4S. The van der Waals surface area contributed by atoms with Crippen LogP contribution in [0.5, 0.6) is 0 Å². The number of guanidine groups is 1. The Bertz CT molecular complexity index is 446. The Hall–Kier alpha value is -1.07. The van der Waals surface area contributed by atoms with Gasteiger partial charge < -0.3 is 5.32 Å². The van der Waals surface area contributed by atoms with Crippen LogP contribution in [-0.4, -0.2) is 12.0 Å². The highest BCUT2D eigenvalue weighted by molar-refractivity contribution is 7.12. The number of hydrogen-bond acceptors (Lipinski definition) is 3. The van der Waals surface area contributed by atoms with Gasteiger partial charge in [0.15, 0.2) is 0 Å². The number of nitrogens with zero attached hydrogens (tertiary/aromatic N) is 1. The van der Waals surface area contributed by atoms with Gasteiger partial charge in [0, 0.05) is 9.75 Å². The first-order valence-electron chi connectivity index (χ1n) is 6.98. The van der Waals surface area contributed by atoms with E-state index in [2.05, 4.69) is 42.6 Å². The summed E-state index contributed by atoms with van der Waals surface area (Å²) in [6.07, 6.45) is 4.92. The Kier molecular flexibility index (Phi) is 4.82. The molecule has 1 aromatic rings. The normalized spacial score (nSPS) is 18.6. The fraction of sp³-hybridized carbons (Fsp3) is 0.643. The lowest BCUT2D eigenvalue weighted by atomic mass is 10.1. The van der Waals surface area contributed by atoms with Crippen molar-refractivity contribution in [3.05, 3.63) is 21.4 Å². The van der Waals surface area contributed by atoms with E-state index in [-0.39, 0.29) is 6.04 Å². The first-order valence-corrected chi connectivity index (χ1v) is 7.79. The first kappa shape index (κ1) is 14.3. The van der Waals surface area contributed by atoms with Crippen molar-refractivity contribution in [2.45, 2.75) is 58.5 Å². The fourth-order valence-corrected chi connectivity index (χ4v) is 3.72. The molecule has 5 heteroatoms. The van der Waals surface area contributed by atoms with E-state index in [0.717, 1.165) is 0 Å². The van der Waals surface area contributed by atoms with Crippen molar-refractivity contribution in [1.82, 2.24) is 10.7 Å². The monoisotopic (exact) mass is 280 g/mol.